The number of ether oxygens (including phenoxy) is 1. The molecule has 2 aromatic carbocycles. The Kier molecular flexibility index (Phi) is 4.26. The number of para-hydroxylation sites is 1. The van der Waals surface area contributed by atoms with E-state index in [0.717, 1.165) is 16.8 Å². The number of nitrogens with zero attached hydrogens (tertiary/aromatic N) is 2. The first kappa shape index (κ1) is 16.1. The quantitative estimate of drug-likeness (QED) is 0.842. The minimum Gasteiger partial charge on any atom is -0.492 e. The summed E-state index contributed by atoms with van der Waals surface area (Å²) in [6.07, 6.45) is 0.152. The van der Waals surface area contributed by atoms with Gasteiger partial charge in [0.1, 0.15) is 5.75 Å². The standard InChI is InChI=1S/C20H20N2O2/c1-3-24-17-11-7-10-16-18(17)22(14-15-8-5-4-6-9-15)19(23)20(16,2)12-13-21/h4-11H,3,12,14H2,1-2H3. The van der Waals surface area contributed by atoms with Crippen LogP contribution in [-0.2, 0) is 16.8 Å². The third kappa shape index (κ3) is 2.52. The fourth-order valence-corrected chi connectivity index (χ4v) is 3.28. The molecule has 122 valence electrons. The Balaban J connectivity index is 2.11. The van der Waals surface area contributed by atoms with E-state index in [2.05, 4.69) is 6.07 Å². The van der Waals surface area contributed by atoms with E-state index in [1.807, 2.05) is 62.4 Å². The van der Waals surface area contributed by atoms with Gasteiger partial charge in [0.25, 0.3) is 0 Å². The lowest BCUT2D eigenvalue weighted by atomic mass is 9.81. The summed E-state index contributed by atoms with van der Waals surface area (Å²) < 4.78 is 5.76. The molecule has 1 heterocycles. The van der Waals surface area contributed by atoms with Crippen LogP contribution in [0, 0.1) is 11.3 Å². The topological polar surface area (TPSA) is 53.3 Å². The van der Waals surface area contributed by atoms with Crippen LogP contribution in [0.5, 0.6) is 5.75 Å². The van der Waals surface area contributed by atoms with Crippen molar-refractivity contribution in [3.63, 3.8) is 0 Å². The Morgan fingerprint density at radius 2 is 1.92 bits per heavy atom. The second kappa shape index (κ2) is 6.37. The Labute approximate surface area is 142 Å². The van der Waals surface area contributed by atoms with Crippen molar-refractivity contribution < 1.29 is 9.53 Å². The van der Waals surface area contributed by atoms with Crippen LogP contribution in [0.4, 0.5) is 5.69 Å². The summed E-state index contributed by atoms with van der Waals surface area (Å²) in [4.78, 5) is 14.9. The van der Waals surface area contributed by atoms with E-state index in [9.17, 15) is 10.1 Å². The van der Waals surface area contributed by atoms with E-state index in [0.29, 0.717) is 18.9 Å². The summed E-state index contributed by atoms with van der Waals surface area (Å²) in [5.74, 6) is 0.649. The summed E-state index contributed by atoms with van der Waals surface area (Å²) in [5, 5.41) is 9.23. The van der Waals surface area contributed by atoms with Crippen molar-refractivity contribution in [1.29, 1.82) is 5.26 Å². The molecule has 0 aromatic heterocycles. The molecule has 1 amide bonds. The summed E-state index contributed by atoms with van der Waals surface area (Å²) in [7, 11) is 0. The second-order valence-corrected chi connectivity index (χ2v) is 6.13. The van der Waals surface area contributed by atoms with Crippen molar-refractivity contribution in [2.45, 2.75) is 32.2 Å². The van der Waals surface area contributed by atoms with E-state index in [4.69, 9.17) is 4.74 Å². The van der Waals surface area contributed by atoms with Gasteiger partial charge in [-0.25, -0.2) is 0 Å². The highest BCUT2D eigenvalue weighted by Crippen LogP contribution is 2.48. The van der Waals surface area contributed by atoms with Crippen LogP contribution in [0.3, 0.4) is 0 Å². The first-order valence-corrected chi connectivity index (χ1v) is 8.11. The molecular formula is C20H20N2O2. The Hall–Kier alpha value is -2.80. The van der Waals surface area contributed by atoms with Crippen LogP contribution >= 0.6 is 0 Å². The molecule has 0 saturated heterocycles. The van der Waals surface area contributed by atoms with Crippen molar-refractivity contribution in [2.75, 3.05) is 11.5 Å². The van der Waals surface area contributed by atoms with E-state index >= 15 is 0 Å². The van der Waals surface area contributed by atoms with Crippen LogP contribution in [0.25, 0.3) is 0 Å². The molecule has 1 atom stereocenters. The van der Waals surface area contributed by atoms with Crippen LogP contribution in [0.15, 0.2) is 48.5 Å². The van der Waals surface area contributed by atoms with Gasteiger partial charge in [0.15, 0.2) is 0 Å². The number of amides is 1. The highest BCUT2D eigenvalue weighted by molar-refractivity contribution is 6.09. The number of benzene rings is 2. The number of nitriles is 1. The first-order valence-electron chi connectivity index (χ1n) is 8.11. The summed E-state index contributed by atoms with van der Waals surface area (Å²) in [5.41, 5.74) is 1.89. The number of rotatable bonds is 5. The fraction of sp³-hybridized carbons (Fsp3) is 0.300. The van der Waals surface area contributed by atoms with Gasteiger partial charge in [0.2, 0.25) is 5.91 Å². The lowest BCUT2D eigenvalue weighted by Gasteiger charge is -2.22. The number of carbonyl (C=O) groups is 1. The van der Waals surface area contributed by atoms with E-state index in [-0.39, 0.29) is 12.3 Å². The maximum atomic E-state index is 13.2. The Bertz CT molecular complexity index is 795. The minimum atomic E-state index is -0.827. The van der Waals surface area contributed by atoms with E-state index in [1.165, 1.54) is 0 Å². The molecule has 1 aliphatic heterocycles. The predicted molar refractivity (Wildman–Crippen MR) is 92.8 cm³/mol. The number of fused-ring (bicyclic) bond motifs is 1. The van der Waals surface area contributed by atoms with Gasteiger partial charge in [-0.1, -0.05) is 42.5 Å². The third-order valence-electron chi connectivity index (χ3n) is 4.50. The molecular weight excluding hydrogens is 300 g/mol. The molecule has 4 nitrogen and oxygen atoms in total. The summed E-state index contributed by atoms with van der Waals surface area (Å²) in [6.45, 7) is 4.76. The number of carbonyl (C=O) groups excluding carboxylic acids is 1. The van der Waals surface area contributed by atoms with Crippen LogP contribution in [0.1, 0.15) is 31.4 Å². The van der Waals surface area contributed by atoms with Gasteiger partial charge in [-0.05, 0) is 31.0 Å². The maximum absolute atomic E-state index is 13.2. The molecule has 0 N–H and O–H groups in total. The van der Waals surface area contributed by atoms with E-state index in [1.54, 1.807) is 4.90 Å². The summed E-state index contributed by atoms with van der Waals surface area (Å²) >= 11 is 0. The number of hydrogen-bond acceptors (Lipinski definition) is 3. The minimum absolute atomic E-state index is 0.0462. The molecule has 1 unspecified atom stereocenters. The Morgan fingerprint density at radius 1 is 1.17 bits per heavy atom. The molecule has 24 heavy (non-hydrogen) atoms. The van der Waals surface area contributed by atoms with Crippen molar-refractivity contribution >= 4 is 11.6 Å². The van der Waals surface area contributed by atoms with Crippen LogP contribution in [0.2, 0.25) is 0 Å². The fourth-order valence-electron chi connectivity index (χ4n) is 3.28. The molecule has 4 heteroatoms. The molecule has 0 bridgehead atoms. The molecule has 2 aromatic rings. The lowest BCUT2D eigenvalue weighted by molar-refractivity contribution is -0.122. The lowest BCUT2D eigenvalue weighted by Crippen LogP contribution is -2.37. The molecule has 0 radical (unpaired) electrons. The van der Waals surface area contributed by atoms with Crippen molar-refractivity contribution in [3.05, 3.63) is 59.7 Å². The van der Waals surface area contributed by atoms with Crippen molar-refractivity contribution in [1.82, 2.24) is 0 Å². The number of hydrogen-bond donors (Lipinski definition) is 0. The van der Waals surface area contributed by atoms with Gasteiger partial charge >= 0.3 is 0 Å². The molecule has 1 aliphatic rings. The molecule has 0 spiro atoms. The normalized spacial score (nSPS) is 19.0. The third-order valence-corrected chi connectivity index (χ3v) is 4.50. The predicted octanol–water partition coefficient (Wildman–Crippen LogP) is 3.80. The SMILES string of the molecule is CCOc1cccc2c1N(Cc1ccccc1)C(=O)C2(C)CC#N. The van der Waals surface area contributed by atoms with Gasteiger partial charge in [0.05, 0.1) is 36.7 Å². The van der Waals surface area contributed by atoms with Gasteiger partial charge in [0, 0.05) is 0 Å². The second-order valence-electron chi connectivity index (χ2n) is 6.13. The number of anilines is 1. The first-order chi connectivity index (χ1) is 11.6. The Morgan fingerprint density at radius 3 is 2.58 bits per heavy atom. The average molecular weight is 320 g/mol. The van der Waals surface area contributed by atoms with Crippen LogP contribution in [-0.4, -0.2) is 12.5 Å². The monoisotopic (exact) mass is 320 g/mol. The zero-order valence-corrected chi connectivity index (χ0v) is 14.0. The molecule has 3 rings (SSSR count). The smallest absolute Gasteiger partial charge is 0.238 e. The zero-order chi connectivity index (χ0) is 17.2. The molecule has 0 saturated carbocycles. The van der Waals surface area contributed by atoms with Crippen molar-refractivity contribution in [2.24, 2.45) is 0 Å². The highest BCUT2D eigenvalue weighted by Gasteiger charge is 2.48. The van der Waals surface area contributed by atoms with Crippen LogP contribution < -0.4 is 9.64 Å². The van der Waals surface area contributed by atoms with Gasteiger partial charge < -0.3 is 9.64 Å². The zero-order valence-electron chi connectivity index (χ0n) is 14.0. The largest absolute Gasteiger partial charge is 0.492 e. The summed E-state index contributed by atoms with van der Waals surface area (Å²) in [6, 6.07) is 17.7. The molecule has 0 fully saturated rings. The van der Waals surface area contributed by atoms with Gasteiger partial charge in [-0.2, -0.15) is 5.26 Å². The van der Waals surface area contributed by atoms with Crippen molar-refractivity contribution in [3.8, 4) is 11.8 Å². The van der Waals surface area contributed by atoms with Gasteiger partial charge in [-0.15, -0.1) is 0 Å². The van der Waals surface area contributed by atoms with Gasteiger partial charge in [-0.3, -0.25) is 4.79 Å². The maximum Gasteiger partial charge on any atom is 0.238 e. The highest BCUT2D eigenvalue weighted by atomic mass is 16.5. The molecule has 0 aliphatic carbocycles. The average Bonchev–Trinajstić information content (AvgIpc) is 2.80. The van der Waals surface area contributed by atoms with E-state index < -0.39 is 5.41 Å².